The van der Waals surface area contributed by atoms with E-state index < -0.39 is 0 Å². The van der Waals surface area contributed by atoms with Crippen LogP contribution in [0, 0.1) is 0 Å². The fourth-order valence-electron chi connectivity index (χ4n) is 4.51. The minimum absolute atomic E-state index is 0.774. The van der Waals surface area contributed by atoms with Crippen molar-refractivity contribution < 1.29 is 13.3 Å². The van der Waals surface area contributed by atoms with Crippen LogP contribution in [0.3, 0.4) is 0 Å². The van der Waals surface area contributed by atoms with E-state index >= 15 is 0 Å². The second-order valence-corrected chi connectivity index (χ2v) is 8.16. The molecule has 3 heteroatoms. The molecule has 0 aliphatic rings. The fourth-order valence-corrected chi connectivity index (χ4v) is 4.51. The maximum absolute atomic E-state index is 6.42. The van der Waals surface area contributed by atoms with E-state index in [-0.39, 0.29) is 0 Å². The number of rotatable bonds is 3. The van der Waals surface area contributed by atoms with Crippen molar-refractivity contribution >= 4 is 32.9 Å². The Bertz CT molecular complexity index is 1430. The minimum Gasteiger partial charge on any atom is -0.455 e. The lowest BCUT2D eigenvalue weighted by Crippen LogP contribution is -1.70. The number of furan rings is 3. The molecule has 0 unspecified atom stereocenters. The van der Waals surface area contributed by atoms with Crippen LogP contribution in [-0.4, -0.2) is 0 Å². The first-order chi connectivity index (χ1) is 16.3. The summed E-state index contributed by atoms with van der Waals surface area (Å²) in [6, 6.07) is 36.6. The lowest BCUT2D eigenvalue weighted by atomic mass is 10.1. The van der Waals surface area contributed by atoms with Gasteiger partial charge in [0.1, 0.15) is 34.0 Å². The van der Waals surface area contributed by atoms with Gasteiger partial charge in [-0.1, -0.05) is 91.0 Å². The number of hydrogen-bond donors (Lipinski definition) is 0. The van der Waals surface area contributed by atoms with E-state index in [1.54, 1.807) is 0 Å². The van der Waals surface area contributed by atoms with Crippen molar-refractivity contribution in [3.63, 3.8) is 0 Å². The molecule has 0 bridgehead atoms. The van der Waals surface area contributed by atoms with Crippen LogP contribution in [0.15, 0.2) is 122 Å². The normalized spacial score (nSPS) is 11.6. The second kappa shape index (κ2) is 7.01. The summed E-state index contributed by atoms with van der Waals surface area (Å²) in [5, 5.41) is 2.83. The number of benzene rings is 4. The first-order valence-electron chi connectivity index (χ1n) is 10.9. The highest BCUT2D eigenvalue weighted by atomic mass is 16.4. The Morgan fingerprint density at radius 3 is 0.879 bits per heavy atom. The molecule has 0 N–H and O–H groups in total. The molecule has 0 spiro atoms. The second-order valence-electron chi connectivity index (χ2n) is 8.16. The topological polar surface area (TPSA) is 39.4 Å². The van der Waals surface area contributed by atoms with Gasteiger partial charge < -0.3 is 13.3 Å². The van der Waals surface area contributed by atoms with Crippen LogP contribution in [0.25, 0.3) is 66.9 Å². The van der Waals surface area contributed by atoms with E-state index in [2.05, 4.69) is 54.6 Å². The van der Waals surface area contributed by atoms with Gasteiger partial charge in [-0.3, -0.25) is 0 Å². The highest BCUT2D eigenvalue weighted by Gasteiger charge is 2.22. The molecule has 0 saturated carbocycles. The maximum atomic E-state index is 6.42. The van der Waals surface area contributed by atoms with E-state index in [1.807, 2.05) is 54.6 Å². The van der Waals surface area contributed by atoms with Crippen LogP contribution in [0.5, 0.6) is 0 Å². The molecule has 0 fully saturated rings. The fraction of sp³-hybridized carbons (Fsp3) is 0. The molecule has 7 aromatic rings. The zero-order chi connectivity index (χ0) is 21.8. The summed E-state index contributed by atoms with van der Waals surface area (Å²) in [4.78, 5) is 0. The van der Waals surface area contributed by atoms with E-state index in [0.29, 0.717) is 0 Å². The van der Waals surface area contributed by atoms with Crippen LogP contribution < -0.4 is 0 Å². The molecule has 3 nitrogen and oxygen atoms in total. The molecule has 156 valence electrons. The largest absolute Gasteiger partial charge is 0.455 e. The van der Waals surface area contributed by atoms with Gasteiger partial charge in [0.05, 0.1) is 16.2 Å². The minimum atomic E-state index is 0.774. The lowest BCUT2D eigenvalue weighted by Gasteiger charge is -1.95. The third kappa shape index (κ3) is 2.83. The van der Waals surface area contributed by atoms with Gasteiger partial charge in [0.2, 0.25) is 0 Å². The monoisotopic (exact) mass is 426 g/mol. The number of hydrogen-bond acceptors (Lipinski definition) is 3. The van der Waals surface area contributed by atoms with Gasteiger partial charge in [-0.2, -0.15) is 0 Å². The average molecular weight is 426 g/mol. The van der Waals surface area contributed by atoms with Crippen LogP contribution >= 0.6 is 0 Å². The Labute approximate surface area is 189 Å². The van der Waals surface area contributed by atoms with Gasteiger partial charge in [0.25, 0.3) is 0 Å². The molecule has 0 aliphatic heterocycles. The quantitative estimate of drug-likeness (QED) is 0.283. The Morgan fingerprint density at radius 1 is 0.333 bits per heavy atom. The Balaban J connectivity index is 1.57. The Hall–Kier alpha value is -4.50. The first kappa shape index (κ1) is 18.1. The van der Waals surface area contributed by atoms with Crippen molar-refractivity contribution in [2.45, 2.75) is 0 Å². The molecular weight excluding hydrogens is 408 g/mol. The smallest absolute Gasteiger partial charge is 0.149 e. The van der Waals surface area contributed by atoms with Gasteiger partial charge in [-0.15, -0.1) is 0 Å². The van der Waals surface area contributed by atoms with Gasteiger partial charge in [0, 0.05) is 16.7 Å². The standard InChI is InChI=1S/C30H18O3/c1-4-10-19(11-5-1)25-16-22-28(31-25)23-17-26(20-12-6-2-7-13-20)33-30(23)24-18-27(32-29(22)24)21-14-8-3-9-15-21/h1-18H. The molecule has 3 aromatic heterocycles. The van der Waals surface area contributed by atoms with Crippen molar-refractivity contribution in [3.05, 3.63) is 109 Å². The van der Waals surface area contributed by atoms with Crippen molar-refractivity contribution in [2.24, 2.45) is 0 Å². The van der Waals surface area contributed by atoms with Gasteiger partial charge in [-0.25, -0.2) is 0 Å². The third-order valence-corrected chi connectivity index (χ3v) is 6.11. The van der Waals surface area contributed by atoms with Crippen molar-refractivity contribution in [1.29, 1.82) is 0 Å². The summed E-state index contributed by atoms with van der Waals surface area (Å²) in [5.41, 5.74) is 5.40. The maximum Gasteiger partial charge on any atom is 0.149 e. The van der Waals surface area contributed by atoms with Crippen molar-refractivity contribution in [2.75, 3.05) is 0 Å². The predicted octanol–water partition coefficient (Wildman–Crippen LogP) is 8.93. The zero-order valence-electron chi connectivity index (χ0n) is 17.6. The van der Waals surface area contributed by atoms with Crippen LogP contribution in [0.2, 0.25) is 0 Å². The Morgan fingerprint density at radius 2 is 0.606 bits per heavy atom. The molecule has 0 atom stereocenters. The summed E-state index contributed by atoms with van der Waals surface area (Å²) in [7, 11) is 0. The van der Waals surface area contributed by atoms with Gasteiger partial charge in [-0.05, 0) is 18.2 Å². The summed E-state index contributed by atoms with van der Waals surface area (Å²) in [6.07, 6.45) is 0. The molecule has 0 aliphatic carbocycles. The predicted molar refractivity (Wildman–Crippen MR) is 132 cm³/mol. The molecular formula is C30H18O3. The molecule has 3 heterocycles. The highest BCUT2D eigenvalue weighted by Crippen LogP contribution is 2.44. The van der Waals surface area contributed by atoms with E-state index in [0.717, 1.165) is 66.9 Å². The van der Waals surface area contributed by atoms with E-state index in [4.69, 9.17) is 13.3 Å². The SMILES string of the molecule is c1ccc(-c2cc3c(o2)c2cc(-c4ccccc4)oc2c2cc(-c4ccccc4)oc32)cc1. The number of fused-ring (bicyclic) bond motifs is 6. The first-order valence-corrected chi connectivity index (χ1v) is 10.9. The van der Waals surface area contributed by atoms with Crippen molar-refractivity contribution in [1.82, 2.24) is 0 Å². The van der Waals surface area contributed by atoms with Crippen molar-refractivity contribution in [3.8, 4) is 34.0 Å². The highest BCUT2D eigenvalue weighted by molar-refractivity contribution is 6.22. The molecule has 33 heavy (non-hydrogen) atoms. The van der Waals surface area contributed by atoms with E-state index in [1.165, 1.54) is 0 Å². The van der Waals surface area contributed by atoms with Gasteiger partial charge >= 0.3 is 0 Å². The van der Waals surface area contributed by atoms with Crippen LogP contribution in [0.4, 0.5) is 0 Å². The molecule has 0 amide bonds. The van der Waals surface area contributed by atoms with Crippen LogP contribution in [-0.2, 0) is 0 Å². The molecule has 4 aromatic carbocycles. The summed E-state index contributed by atoms with van der Waals surface area (Å²) < 4.78 is 19.3. The zero-order valence-corrected chi connectivity index (χ0v) is 17.6. The third-order valence-electron chi connectivity index (χ3n) is 6.11. The lowest BCUT2D eigenvalue weighted by molar-refractivity contribution is 0.623. The summed E-state index contributed by atoms with van der Waals surface area (Å²) in [6.45, 7) is 0. The molecule has 0 radical (unpaired) electrons. The molecule has 7 rings (SSSR count). The summed E-state index contributed by atoms with van der Waals surface area (Å²) >= 11 is 0. The van der Waals surface area contributed by atoms with E-state index in [9.17, 15) is 0 Å². The average Bonchev–Trinajstić information content (AvgIpc) is 3.62. The van der Waals surface area contributed by atoms with Gasteiger partial charge in [0.15, 0.2) is 0 Å². The Kier molecular flexibility index (Phi) is 3.84. The molecule has 0 saturated heterocycles. The van der Waals surface area contributed by atoms with Crippen LogP contribution in [0.1, 0.15) is 0 Å². The summed E-state index contributed by atoms with van der Waals surface area (Å²) in [5.74, 6) is 2.42.